The van der Waals surface area contributed by atoms with E-state index in [1.807, 2.05) is 0 Å². The number of benzene rings is 1. The first-order chi connectivity index (χ1) is 10.1. The highest BCUT2D eigenvalue weighted by molar-refractivity contribution is 5.93. The number of nitrogens with zero attached hydrogens (tertiary/aromatic N) is 2. The van der Waals surface area contributed by atoms with E-state index in [1.54, 1.807) is 18.2 Å². The van der Waals surface area contributed by atoms with Crippen molar-refractivity contribution in [2.24, 2.45) is 0 Å². The van der Waals surface area contributed by atoms with Crippen molar-refractivity contribution in [2.45, 2.75) is 6.54 Å². The standard InChI is InChI=1S/C13H12N4O4/c14-12-8(6-19)11(16-17(12)3-4-18)7-1-2-9-10(5-7)21-13(20)15-9/h1-2,5-6,18H,3-4,14H2,(H,15,20). The van der Waals surface area contributed by atoms with Crippen LogP contribution < -0.4 is 11.5 Å². The number of aliphatic hydroxyl groups excluding tert-OH is 1. The Bertz CT molecular complexity index is 874. The zero-order chi connectivity index (χ0) is 15.0. The molecule has 8 nitrogen and oxygen atoms in total. The SMILES string of the molecule is Nc1c(C=O)c(-c2ccc3[nH]c(=O)oc3c2)nn1CCO. The normalized spacial score (nSPS) is 11.1. The van der Waals surface area contributed by atoms with E-state index in [2.05, 4.69) is 10.1 Å². The number of nitrogen functional groups attached to an aromatic ring is 1. The van der Waals surface area contributed by atoms with Gasteiger partial charge in [0.25, 0.3) is 0 Å². The van der Waals surface area contributed by atoms with Crippen molar-refractivity contribution in [3.8, 4) is 11.3 Å². The number of rotatable bonds is 4. The number of aldehydes is 1. The third kappa shape index (κ3) is 2.11. The summed E-state index contributed by atoms with van der Waals surface area (Å²) >= 11 is 0. The van der Waals surface area contributed by atoms with Crippen molar-refractivity contribution in [3.05, 3.63) is 34.3 Å². The predicted molar refractivity (Wildman–Crippen MR) is 74.9 cm³/mol. The number of hydrogen-bond acceptors (Lipinski definition) is 6. The van der Waals surface area contributed by atoms with Gasteiger partial charge in [-0.2, -0.15) is 5.10 Å². The number of aliphatic hydroxyl groups is 1. The van der Waals surface area contributed by atoms with Gasteiger partial charge >= 0.3 is 5.76 Å². The molecule has 0 aliphatic heterocycles. The average Bonchev–Trinajstić information content (AvgIpc) is 2.98. The van der Waals surface area contributed by atoms with Crippen LogP contribution in [0.25, 0.3) is 22.4 Å². The number of carbonyl (C=O) groups is 1. The van der Waals surface area contributed by atoms with Gasteiger partial charge < -0.3 is 15.3 Å². The van der Waals surface area contributed by atoms with Crippen molar-refractivity contribution in [1.82, 2.24) is 14.8 Å². The molecule has 4 N–H and O–H groups in total. The fraction of sp³-hybridized carbons (Fsp3) is 0.154. The Morgan fingerprint density at radius 2 is 2.29 bits per heavy atom. The second-order valence-corrected chi connectivity index (χ2v) is 4.44. The molecule has 3 aromatic rings. The van der Waals surface area contributed by atoms with E-state index in [9.17, 15) is 9.59 Å². The van der Waals surface area contributed by atoms with Crippen LogP contribution >= 0.6 is 0 Å². The molecule has 21 heavy (non-hydrogen) atoms. The van der Waals surface area contributed by atoms with Gasteiger partial charge in [-0.3, -0.25) is 9.78 Å². The van der Waals surface area contributed by atoms with Gasteiger partial charge in [-0.15, -0.1) is 0 Å². The number of oxazole rings is 1. The first kappa shape index (κ1) is 13.1. The van der Waals surface area contributed by atoms with Gasteiger partial charge in [0.2, 0.25) is 0 Å². The van der Waals surface area contributed by atoms with Crippen LogP contribution in [0.5, 0.6) is 0 Å². The molecule has 0 saturated heterocycles. The first-order valence-corrected chi connectivity index (χ1v) is 6.19. The molecule has 2 aromatic heterocycles. The third-order valence-electron chi connectivity index (χ3n) is 3.15. The van der Waals surface area contributed by atoms with Gasteiger partial charge in [-0.25, -0.2) is 9.48 Å². The van der Waals surface area contributed by atoms with Gasteiger partial charge in [0.1, 0.15) is 11.5 Å². The lowest BCUT2D eigenvalue weighted by atomic mass is 10.1. The lowest BCUT2D eigenvalue weighted by Gasteiger charge is -1.99. The first-order valence-electron chi connectivity index (χ1n) is 6.19. The third-order valence-corrected chi connectivity index (χ3v) is 3.15. The molecule has 0 aliphatic rings. The second-order valence-electron chi connectivity index (χ2n) is 4.44. The Hall–Kier alpha value is -2.87. The molecule has 0 fully saturated rings. The van der Waals surface area contributed by atoms with E-state index in [4.69, 9.17) is 15.3 Å². The Morgan fingerprint density at radius 1 is 1.48 bits per heavy atom. The summed E-state index contributed by atoms with van der Waals surface area (Å²) in [6, 6.07) is 4.96. The summed E-state index contributed by atoms with van der Waals surface area (Å²) in [5.41, 5.74) is 7.96. The predicted octanol–water partition coefficient (Wildman–Crippen LogP) is 0.372. The molecule has 0 spiro atoms. The molecule has 0 bridgehead atoms. The van der Waals surface area contributed by atoms with E-state index in [1.165, 1.54) is 4.68 Å². The van der Waals surface area contributed by atoms with E-state index >= 15 is 0 Å². The summed E-state index contributed by atoms with van der Waals surface area (Å²) in [4.78, 5) is 24.9. The van der Waals surface area contributed by atoms with Crippen LogP contribution in [-0.2, 0) is 6.54 Å². The molecular weight excluding hydrogens is 276 g/mol. The molecule has 0 radical (unpaired) electrons. The van der Waals surface area contributed by atoms with Crippen LogP contribution in [0.4, 0.5) is 5.82 Å². The molecule has 1 aromatic carbocycles. The monoisotopic (exact) mass is 288 g/mol. The zero-order valence-electron chi connectivity index (χ0n) is 10.9. The Balaban J connectivity index is 2.18. The number of aromatic nitrogens is 3. The van der Waals surface area contributed by atoms with Gasteiger partial charge in [0.15, 0.2) is 11.9 Å². The maximum Gasteiger partial charge on any atom is 0.417 e. The van der Waals surface area contributed by atoms with Gasteiger partial charge in [-0.1, -0.05) is 6.07 Å². The van der Waals surface area contributed by atoms with Gasteiger partial charge in [-0.05, 0) is 12.1 Å². The molecule has 108 valence electrons. The smallest absolute Gasteiger partial charge is 0.408 e. The molecule has 0 amide bonds. The Kier molecular flexibility index (Phi) is 3.07. The average molecular weight is 288 g/mol. The fourth-order valence-corrected chi connectivity index (χ4v) is 2.18. The Morgan fingerprint density at radius 3 is 3.00 bits per heavy atom. The molecule has 0 unspecified atom stereocenters. The summed E-state index contributed by atoms with van der Waals surface area (Å²) in [5.74, 6) is -0.368. The number of aromatic amines is 1. The van der Waals surface area contributed by atoms with Crippen molar-refractivity contribution in [1.29, 1.82) is 0 Å². The molecule has 0 saturated carbocycles. The quantitative estimate of drug-likeness (QED) is 0.595. The minimum atomic E-state index is -0.553. The minimum absolute atomic E-state index is 0.144. The molecule has 3 rings (SSSR count). The maximum absolute atomic E-state index is 11.2. The van der Waals surface area contributed by atoms with E-state index in [-0.39, 0.29) is 24.5 Å². The van der Waals surface area contributed by atoms with E-state index < -0.39 is 5.76 Å². The number of anilines is 1. The number of fused-ring (bicyclic) bond motifs is 1. The largest absolute Gasteiger partial charge is 0.417 e. The molecule has 0 aliphatic carbocycles. The summed E-state index contributed by atoms with van der Waals surface area (Å²) in [6.07, 6.45) is 0.614. The highest BCUT2D eigenvalue weighted by atomic mass is 16.4. The van der Waals surface area contributed by atoms with Crippen molar-refractivity contribution in [3.63, 3.8) is 0 Å². The van der Waals surface area contributed by atoms with Crippen LogP contribution in [0, 0.1) is 0 Å². The fourth-order valence-electron chi connectivity index (χ4n) is 2.18. The molecule has 8 heteroatoms. The summed E-state index contributed by atoms with van der Waals surface area (Å²) in [7, 11) is 0. The van der Waals surface area contributed by atoms with Crippen LogP contribution in [0.15, 0.2) is 27.4 Å². The van der Waals surface area contributed by atoms with Crippen LogP contribution in [0.3, 0.4) is 0 Å². The summed E-state index contributed by atoms with van der Waals surface area (Å²) in [5, 5.41) is 13.2. The van der Waals surface area contributed by atoms with E-state index in [0.29, 0.717) is 28.6 Å². The van der Waals surface area contributed by atoms with Crippen molar-refractivity contribution >= 4 is 23.2 Å². The number of carbonyl (C=O) groups excluding carboxylic acids is 1. The number of hydrogen-bond donors (Lipinski definition) is 3. The van der Waals surface area contributed by atoms with Gasteiger partial charge in [0, 0.05) is 5.56 Å². The lowest BCUT2D eigenvalue weighted by molar-refractivity contribution is 0.112. The number of nitrogens with one attached hydrogen (secondary N) is 1. The maximum atomic E-state index is 11.2. The van der Waals surface area contributed by atoms with Crippen LogP contribution in [0.2, 0.25) is 0 Å². The number of nitrogens with two attached hydrogens (primary N) is 1. The van der Waals surface area contributed by atoms with Crippen LogP contribution in [-0.4, -0.2) is 32.8 Å². The molecular formula is C13H12N4O4. The minimum Gasteiger partial charge on any atom is -0.408 e. The summed E-state index contributed by atoms with van der Waals surface area (Å²) in [6.45, 7) is 0.0451. The lowest BCUT2D eigenvalue weighted by Crippen LogP contribution is -2.08. The number of H-pyrrole nitrogens is 1. The van der Waals surface area contributed by atoms with E-state index in [0.717, 1.165) is 0 Å². The highest BCUT2D eigenvalue weighted by Gasteiger charge is 2.17. The molecule has 2 heterocycles. The summed E-state index contributed by atoms with van der Waals surface area (Å²) < 4.78 is 6.34. The highest BCUT2D eigenvalue weighted by Crippen LogP contribution is 2.27. The second kappa shape index (κ2) is 4.91. The Labute approximate surface area is 117 Å². The van der Waals surface area contributed by atoms with Crippen molar-refractivity contribution in [2.75, 3.05) is 12.3 Å². The molecule has 0 atom stereocenters. The zero-order valence-corrected chi connectivity index (χ0v) is 10.9. The topological polar surface area (TPSA) is 127 Å². The van der Waals surface area contributed by atoms with Crippen LogP contribution in [0.1, 0.15) is 10.4 Å². The van der Waals surface area contributed by atoms with Crippen molar-refractivity contribution < 1.29 is 14.3 Å². The van der Waals surface area contributed by atoms with Gasteiger partial charge in [0.05, 0.1) is 24.2 Å².